The van der Waals surface area contributed by atoms with Gasteiger partial charge in [0.2, 0.25) is 11.8 Å². The van der Waals surface area contributed by atoms with Crippen molar-refractivity contribution < 1.29 is 14.4 Å². The van der Waals surface area contributed by atoms with Crippen LogP contribution in [0.1, 0.15) is 28.4 Å². The largest absolute Gasteiger partial charge is 0.398 e. The Labute approximate surface area is 163 Å². The number of hydrogen-bond donors (Lipinski definition) is 3. The average molecular weight is 378 g/mol. The van der Waals surface area contributed by atoms with E-state index >= 15 is 0 Å². The van der Waals surface area contributed by atoms with E-state index in [-0.39, 0.29) is 23.9 Å². The van der Waals surface area contributed by atoms with Gasteiger partial charge in [-0.05, 0) is 41.3 Å². The van der Waals surface area contributed by atoms with Crippen LogP contribution in [0.15, 0.2) is 42.5 Å². The SMILES string of the molecule is C=C(CN1Cc2c(-c3cccc(NC(C)=O)c3C)ccc(N)c2C1=O)C(N)=O. The van der Waals surface area contributed by atoms with Crippen LogP contribution >= 0.6 is 0 Å². The fourth-order valence-corrected chi connectivity index (χ4v) is 3.44. The number of nitrogens with two attached hydrogens (primary N) is 2. The molecule has 3 amide bonds. The van der Waals surface area contributed by atoms with Gasteiger partial charge in [0.1, 0.15) is 0 Å². The molecule has 1 aliphatic heterocycles. The Morgan fingerprint density at radius 2 is 1.93 bits per heavy atom. The number of rotatable bonds is 5. The van der Waals surface area contributed by atoms with Gasteiger partial charge in [-0.25, -0.2) is 0 Å². The summed E-state index contributed by atoms with van der Waals surface area (Å²) < 4.78 is 0. The van der Waals surface area contributed by atoms with Crippen molar-refractivity contribution in [2.24, 2.45) is 5.73 Å². The van der Waals surface area contributed by atoms with Crippen LogP contribution in [0.4, 0.5) is 11.4 Å². The van der Waals surface area contributed by atoms with Crippen LogP contribution in [0.2, 0.25) is 0 Å². The monoisotopic (exact) mass is 378 g/mol. The van der Waals surface area contributed by atoms with Gasteiger partial charge in [-0.3, -0.25) is 14.4 Å². The second-order valence-corrected chi connectivity index (χ2v) is 6.84. The Kier molecular flexibility index (Phi) is 4.92. The topological polar surface area (TPSA) is 119 Å². The van der Waals surface area contributed by atoms with Crippen molar-refractivity contribution in [1.82, 2.24) is 4.90 Å². The zero-order chi connectivity index (χ0) is 20.6. The van der Waals surface area contributed by atoms with E-state index in [9.17, 15) is 14.4 Å². The molecule has 3 rings (SSSR count). The van der Waals surface area contributed by atoms with E-state index in [4.69, 9.17) is 11.5 Å². The van der Waals surface area contributed by atoms with E-state index in [0.29, 0.717) is 23.5 Å². The van der Waals surface area contributed by atoms with E-state index in [1.54, 1.807) is 6.07 Å². The summed E-state index contributed by atoms with van der Waals surface area (Å²) in [5.41, 5.74) is 16.4. The number of primary amides is 1. The molecule has 1 aliphatic rings. The van der Waals surface area contributed by atoms with E-state index < -0.39 is 5.91 Å². The second kappa shape index (κ2) is 7.19. The summed E-state index contributed by atoms with van der Waals surface area (Å²) >= 11 is 0. The normalized spacial score (nSPS) is 12.6. The van der Waals surface area contributed by atoms with Crippen LogP contribution < -0.4 is 16.8 Å². The van der Waals surface area contributed by atoms with Gasteiger partial charge in [-0.1, -0.05) is 24.8 Å². The summed E-state index contributed by atoms with van der Waals surface area (Å²) in [5, 5.41) is 2.81. The highest BCUT2D eigenvalue weighted by atomic mass is 16.2. The quantitative estimate of drug-likeness (QED) is 0.546. The van der Waals surface area contributed by atoms with Crippen molar-refractivity contribution in [1.29, 1.82) is 0 Å². The standard InChI is InChI=1S/C21H22N4O3/c1-11(20(23)27)9-25-10-16-15(7-8-17(22)19(16)21(25)28)14-5-4-6-18(12(14)2)24-13(3)26/h4-8H,1,9-10,22H2,2-3H3,(H2,23,27)(H,24,26). The molecule has 0 saturated heterocycles. The van der Waals surface area contributed by atoms with Crippen molar-refractivity contribution in [2.45, 2.75) is 20.4 Å². The number of anilines is 2. The second-order valence-electron chi connectivity index (χ2n) is 6.84. The molecule has 0 radical (unpaired) electrons. The number of carbonyl (C=O) groups is 3. The molecule has 0 atom stereocenters. The molecule has 5 N–H and O–H groups in total. The summed E-state index contributed by atoms with van der Waals surface area (Å²) in [4.78, 5) is 37.1. The van der Waals surface area contributed by atoms with Gasteiger partial charge in [0.05, 0.1) is 12.1 Å². The third-order valence-corrected chi connectivity index (χ3v) is 4.86. The van der Waals surface area contributed by atoms with Crippen molar-refractivity contribution >= 4 is 29.1 Å². The molecule has 7 heteroatoms. The van der Waals surface area contributed by atoms with E-state index in [1.807, 2.05) is 31.2 Å². The minimum Gasteiger partial charge on any atom is -0.398 e. The van der Waals surface area contributed by atoms with Gasteiger partial charge in [0.15, 0.2) is 0 Å². The lowest BCUT2D eigenvalue weighted by molar-refractivity contribution is -0.115. The van der Waals surface area contributed by atoms with Crippen molar-refractivity contribution in [3.63, 3.8) is 0 Å². The van der Waals surface area contributed by atoms with Crippen LogP contribution in [0.5, 0.6) is 0 Å². The van der Waals surface area contributed by atoms with Gasteiger partial charge < -0.3 is 21.7 Å². The summed E-state index contributed by atoms with van der Waals surface area (Å²) in [7, 11) is 0. The molecule has 0 aliphatic carbocycles. The summed E-state index contributed by atoms with van der Waals surface area (Å²) in [5.74, 6) is -1.06. The van der Waals surface area contributed by atoms with Gasteiger partial charge in [-0.2, -0.15) is 0 Å². The summed E-state index contributed by atoms with van der Waals surface area (Å²) in [6.07, 6.45) is 0. The molecular weight excluding hydrogens is 356 g/mol. The molecule has 0 unspecified atom stereocenters. The fraction of sp³-hybridized carbons (Fsp3) is 0.190. The van der Waals surface area contributed by atoms with Crippen LogP contribution in [0.3, 0.4) is 0 Å². The van der Waals surface area contributed by atoms with Crippen molar-refractivity contribution in [3.8, 4) is 11.1 Å². The van der Waals surface area contributed by atoms with E-state index in [0.717, 1.165) is 22.3 Å². The lowest BCUT2D eigenvalue weighted by Gasteiger charge is -2.16. The smallest absolute Gasteiger partial charge is 0.256 e. The molecule has 0 bridgehead atoms. The third kappa shape index (κ3) is 3.34. The number of hydrogen-bond acceptors (Lipinski definition) is 4. The first-order valence-electron chi connectivity index (χ1n) is 8.76. The number of nitrogen functional groups attached to an aromatic ring is 1. The molecule has 2 aromatic carbocycles. The Balaban J connectivity index is 2.07. The van der Waals surface area contributed by atoms with Crippen LogP contribution in [-0.2, 0) is 16.1 Å². The number of carbonyl (C=O) groups excluding carboxylic acids is 3. The highest BCUT2D eigenvalue weighted by Gasteiger charge is 2.32. The molecule has 7 nitrogen and oxygen atoms in total. The molecule has 0 saturated carbocycles. The van der Waals surface area contributed by atoms with Crippen LogP contribution in [-0.4, -0.2) is 29.2 Å². The molecule has 1 heterocycles. The number of nitrogens with zero attached hydrogens (tertiary/aromatic N) is 1. The predicted molar refractivity (Wildman–Crippen MR) is 108 cm³/mol. The zero-order valence-corrected chi connectivity index (χ0v) is 15.8. The number of fused-ring (bicyclic) bond motifs is 1. The molecular formula is C21H22N4O3. The van der Waals surface area contributed by atoms with E-state index in [1.165, 1.54) is 11.8 Å². The lowest BCUT2D eigenvalue weighted by Crippen LogP contribution is -2.30. The first-order valence-corrected chi connectivity index (χ1v) is 8.76. The van der Waals surface area contributed by atoms with Crippen LogP contribution in [0, 0.1) is 6.92 Å². The highest BCUT2D eigenvalue weighted by Crippen LogP contribution is 2.38. The van der Waals surface area contributed by atoms with Crippen molar-refractivity contribution in [3.05, 3.63) is 59.2 Å². The van der Waals surface area contributed by atoms with Crippen LogP contribution in [0.25, 0.3) is 11.1 Å². The Bertz CT molecular complexity index is 1030. The van der Waals surface area contributed by atoms with E-state index in [2.05, 4.69) is 11.9 Å². The molecule has 0 spiro atoms. The first-order chi connectivity index (χ1) is 13.2. The Hall–Kier alpha value is -3.61. The molecule has 0 fully saturated rings. The molecule has 144 valence electrons. The molecule has 28 heavy (non-hydrogen) atoms. The summed E-state index contributed by atoms with van der Waals surface area (Å²) in [6, 6.07) is 9.17. The number of amides is 3. The number of nitrogens with one attached hydrogen (secondary N) is 1. The Morgan fingerprint density at radius 3 is 2.57 bits per heavy atom. The lowest BCUT2D eigenvalue weighted by atomic mass is 9.92. The Morgan fingerprint density at radius 1 is 1.21 bits per heavy atom. The maximum atomic E-state index is 12.9. The third-order valence-electron chi connectivity index (χ3n) is 4.86. The fourth-order valence-electron chi connectivity index (χ4n) is 3.44. The molecule has 2 aromatic rings. The van der Waals surface area contributed by atoms with Gasteiger partial charge in [0.25, 0.3) is 5.91 Å². The zero-order valence-electron chi connectivity index (χ0n) is 15.8. The minimum atomic E-state index is -0.643. The average Bonchev–Trinajstić information content (AvgIpc) is 2.94. The maximum Gasteiger partial charge on any atom is 0.256 e. The molecule has 0 aromatic heterocycles. The van der Waals surface area contributed by atoms with Gasteiger partial charge in [0, 0.05) is 30.4 Å². The number of benzene rings is 2. The minimum absolute atomic E-state index is 0.0483. The van der Waals surface area contributed by atoms with Gasteiger partial charge >= 0.3 is 0 Å². The highest BCUT2D eigenvalue weighted by molar-refractivity contribution is 6.06. The first kappa shape index (κ1) is 19.2. The summed E-state index contributed by atoms with van der Waals surface area (Å²) in [6.45, 7) is 7.34. The maximum absolute atomic E-state index is 12.9. The van der Waals surface area contributed by atoms with Crippen molar-refractivity contribution in [2.75, 3.05) is 17.6 Å². The van der Waals surface area contributed by atoms with Gasteiger partial charge in [-0.15, -0.1) is 0 Å². The predicted octanol–water partition coefficient (Wildman–Crippen LogP) is 2.20.